The highest BCUT2D eigenvalue weighted by Crippen LogP contribution is 2.32. The summed E-state index contributed by atoms with van der Waals surface area (Å²) >= 11 is 0. The Hall–Kier alpha value is -0.610. The predicted octanol–water partition coefficient (Wildman–Crippen LogP) is 1.33. The van der Waals surface area contributed by atoms with Crippen LogP contribution in [0.15, 0.2) is 0 Å². The zero-order valence-electron chi connectivity index (χ0n) is 10.9. The van der Waals surface area contributed by atoms with Crippen LogP contribution in [0.5, 0.6) is 0 Å². The maximum absolute atomic E-state index is 11.6. The van der Waals surface area contributed by atoms with Gasteiger partial charge in [-0.25, -0.2) is 0 Å². The van der Waals surface area contributed by atoms with Crippen molar-refractivity contribution in [1.82, 2.24) is 5.32 Å². The standard InChI is InChI=1S/C13H25NO3/c1-3-17-12-6-11(7-12)8-13(16)14-9-10(2)4-5-15/h10-12,15H,3-9H2,1-2H3,(H,14,16). The summed E-state index contributed by atoms with van der Waals surface area (Å²) in [7, 11) is 0. The third kappa shape index (κ3) is 5.50. The van der Waals surface area contributed by atoms with Gasteiger partial charge in [-0.05, 0) is 38.0 Å². The van der Waals surface area contributed by atoms with Crippen LogP contribution in [0.1, 0.15) is 39.5 Å². The highest BCUT2D eigenvalue weighted by Gasteiger charge is 2.30. The summed E-state index contributed by atoms with van der Waals surface area (Å²) in [5.74, 6) is 0.982. The maximum atomic E-state index is 11.6. The molecule has 1 rings (SSSR count). The van der Waals surface area contributed by atoms with Gasteiger partial charge in [0.2, 0.25) is 5.91 Å². The molecule has 1 fully saturated rings. The first-order chi connectivity index (χ1) is 8.15. The second kappa shape index (κ2) is 7.67. The first-order valence-electron chi connectivity index (χ1n) is 6.64. The van der Waals surface area contributed by atoms with E-state index in [2.05, 4.69) is 5.32 Å². The smallest absolute Gasteiger partial charge is 0.220 e. The number of nitrogens with one attached hydrogen (secondary N) is 1. The quantitative estimate of drug-likeness (QED) is 0.676. The molecule has 1 saturated carbocycles. The Kier molecular flexibility index (Phi) is 6.52. The monoisotopic (exact) mass is 243 g/mol. The fourth-order valence-electron chi connectivity index (χ4n) is 2.16. The second-order valence-electron chi connectivity index (χ2n) is 5.04. The molecular formula is C13H25NO3. The van der Waals surface area contributed by atoms with Crippen LogP contribution in [0.25, 0.3) is 0 Å². The van der Waals surface area contributed by atoms with Gasteiger partial charge in [-0.1, -0.05) is 6.92 Å². The molecule has 1 amide bonds. The Labute approximate surface area is 104 Å². The lowest BCUT2D eigenvalue weighted by Crippen LogP contribution is -2.36. The van der Waals surface area contributed by atoms with Crippen molar-refractivity contribution in [1.29, 1.82) is 0 Å². The minimum absolute atomic E-state index is 0.134. The summed E-state index contributed by atoms with van der Waals surface area (Å²) in [6.07, 6.45) is 3.79. The van der Waals surface area contributed by atoms with E-state index < -0.39 is 0 Å². The van der Waals surface area contributed by atoms with Crippen LogP contribution in [-0.4, -0.2) is 36.9 Å². The minimum Gasteiger partial charge on any atom is -0.396 e. The van der Waals surface area contributed by atoms with Crippen molar-refractivity contribution in [3.05, 3.63) is 0 Å². The van der Waals surface area contributed by atoms with E-state index in [9.17, 15) is 4.79 Å². The van der Waals surface area contributed by atoms with Crippen LogP contribution >= 0.6 is 0 Å². The zero-order chi connectivity index (χ0) is 12.7. The molecule has 0 aromatic carbocycles. The van der Waals surface area contributed by atoms with Crippen LogP contribution in [0.2, 0.25) is 0 Å². The highest BCUT2D eigenvalue weighted by molar-refractivity contribution is 5.76. The molecule has 0 spiro atoms. The lowest BCUT2D eigenvalue weighted by Gasteiger charge is -2.34. The molecule has 1 atom stereocenters. The molecule has 4 nitrogen and oxygen atoms in total. The number of rotatable bonds is 8. The van der Waals surface area contributed by atoms with E-state index in [1.54, 1.807) is 0 Å². The molecule has 100 valence electrons. The van der Waals surface area contributed by atoms with Crippen LogP contribution in [0.4, 0.5) is 0 Å². The fourth-order valence-corrected chi connectivity index (χ4v) is 2.16. The fraction of sp³-hybridized carbons (Fsp3) is 0.923. The number of aliphatic hydroxyl groups is 1. The zero-order valence-corrected chi connectivity index (χ0v) is 10.9. The number of carbonyl (C=O) groups is 1. The van der Waals surface area contributed by atoms with Gasteiger partial charge < -0.3 is 15.2 Å². The van der Waals surface area contributed by atoms with Gasteiger partial charge in [0.25, 0.3) is 0 Å². The molecular weight excluding hydrogens is 218 g/mol. The average molecular weight is 243 g/mol. The van der Waals surface area contributed by atoms with Crippen molar-refractivity contribution in [3.8, 4) is 0 Å². The topological polar surface area (TPSA) is 58.6 Å². The molecule has 0 saturated heterocycles. The number of amides is 1. The highest BCUT2D eigenvalue weighted by atomic mass is 16.5. The van der Waals surface area contributed by atoms with Crippen molar-refractivity contribution in [2.24, 2.45) is 11.8 Å². The average Bonchev–Trinajstić information content (AvgIpc) is 2.24. The van der Waals surface area contributed by atoms with E-state index in [4.69, 9.17) is 9.84 Å². The number of ether oxygens (including phenoxy) is 1. The normalized spacial score (nSPS) is 25.1. The largest absolute Gasteiger partial charge is 0.396 e. The van der Waals surface area contributed by atoms with Gasteiger partial charge in [-0.2, -0.15) is 0 Å². The van der Waals surface area contributed by atoms with Crippen LogP contribution in [0.3, 0.4) is 0 Å². The van der Waals surface area contributed by atoms with Crippen LogP contribution < -0.4 is 5.32 Å². The summed E-state index contributed by atoms with van der Waals surface area (Å²) in [4.78, 5) is 11.6. The lowest BCUT2D eigenvalue weighted by atomic mass is 9.80. The van der Waals surface area contributed by atoms with Crippen molar-refractivity contribution in [3.63, 3.8) is 0 Å². The Bertz CT molecular complexity index is 227. The van der Waals surface area contributed by atoms with Gasteiger partial charge in [0.05, 0.1) is 6.10 Å². The molecule has 0 radical (unpaired) electrons. The van der Waals surface area contributed by atoms with Crippen molar-refractivity contribution in [2.75, 3.05) is 19.8 Å². The summed E-state index contributed by atoms with van der Waals surface area (Å²) in [6, 6.07) is 0. The van der Waals surface area contributed by atoms with Gasteiger partial charge >= 0.3 is 0 Å². The Morgan fingerprint density at radius 2 is 2.24 bits per heavy atom. The Morgan fingerprint density at radius 3 is 2.82 bits per heavy atom. The number of carbonyl (C=O) groups excluding carboxylic acids is 1. The van der Waals surface area contributed by atoms with Gasteiger partial charge in [-0.3, -0.25) is 4.79 Å². The molecule has 4 heteroatoms. The van der Waals surface area contributed by atoms with E-state index in [0.29, 0.717) is 30.9 Å². The molecule has 1 aliphatic carbocycles. The minimum atomic E-state index is 0.134. The van der Waals surface area contributed by atoms with Crippen molar-refractivity contribution >= 4 is 5.91 Å². The van der Waals surface area contributed by atoms with Crippen LogP contribution in [0, 0.1) is 11.8 Å². The van der Waals surface area contributed by atoms with Crippen LogP contribution in [-0.2, 0) is 9.53 Å². The summed E-state index contributed by atoms with van der Waals surface area (Å²) in [6.45, 7) is 5.66. The molecule has 0 aliphatic heterocycles. The Balaban J connectivity index is 2.03. The molecule has 1 aliphatic rings. The lowest BCUT2D eigenvalue weighted by molar-refractivity contribution is -0.124. The summed E-state index contributed by atoms with van der Waals surface area (Å²) in [5.41, 5.74) is 0. The summed E-state index contributed by atoms with van der Waals surface area (Å²) < 4.78 is 5.46. The maximum Gasteiger partial charge on any atom is 0.220 e. The first kappa shape index (κ1) is 14.5. The van der Waals surface area contributed by atoms with Gasteiger partial charge in [0, 0.05) is 26.2 Å². The van der Waals surface area contributed by atoms with E-state index >= 15 is 0 Å². The molecule has 0 aromatic heterocycles. The van der Waals surface area contributed by atoms with Crippen molar-refractivity contribution in [2.45, 2.75) is 45.6 Å². The third-order valence-corrected chi connectivity index (χ3v) is 3.34. The van der Waals surface area contributed by atoms with Gasteiger partial charge in [0.15, 0.2) is 0 Å². The molecule has 0 aromatic rings. The van der Waals surface area contributed by atoms with E-state index in [-0.39, 0.29) is 12.5 Å². The van der Waals surface area contributed by atoms with E-state index in [0.717, 1.165) is 25.9 Å². The molecule has 0 heterocycles. The molecule has 1 unspecified atom stereocenters. The van der Waals surface area contributed by atoms with Gasteiger partial charge in [0.1, 0.15) is 0 Å². The summed E-state index contributed by atoms with van der Waals surface area (Å²) in [5, 5.41) is 11.7. The number of hydrogen-bond acceptors (Lipinski definition) is 3. The Morgan fingerprint density at radius 1 is 1.53 bits per heavy atom. The predicted molar refractivity (Wildman–Crippen MR) is 66.6 cm³/mol. The number of hydrogen-bond donors (Lipinski definition) is 2. The third-order valence-electron chi connectivity index (χ3n) is 3.34. The van der Waals surface area contributed by atoms with E-state index in [1.165, 1.54) is 0 Å². The SMILES string of the molecule is CCOC1CC(CC(=O)NCC(C)CCO)C1. The van der Waals surface area contributed by atoms with Crippen molar-refractivity contribution < 1.29 is 14.6 Å². The molecule has 2 N–H and O–H groups in total. The number of aliphatic hydroxyl groups excluding tert-OH is 1. The van der Waals surface area contributed by atoms with Gasteiger partial charge in [-0.15, -0.1) is 0 Å². The first-order valence-corrected chi connectivity index (χ1v) is 6.64. The molecule has 17 heavy (non-hydrogen) atoms. The second-order valence-corrected chi connectivity index (χ2v) is 5.04. The van der Waals surface area contributed by atoms with E-state index in [1.807, 2.05) is 13.8 Å². The molecule has 0 bridgehead atoms.